The third-order valence-electron chi connectivity index (χ3n) is 3.70. The number of carbonyl (C=O) groups excluding carboxylic acids is 1. The SMILES string of the molecule is O=C(N[C@@H]1CC[C@@H](C(F)(F)F)OC1)C1CCNCC1. The summed E-state index contributed by atoms with van der Waals surface area (Å²) in [5.41, 5.74) is 0. The highest BCUT2D eigenvalue weighted by Crippen LogP contribution is 2.29. The summed E-state index contributed by atoms with van der Waals surface area (Å²) >= 11 is 0. The molecule has 0 unspecified atom stereocenters. The van der Waals surface area contributed by atoms with Gasteiger partial charge in [-0.25, -0.2) is 0 Å². The molecule has 0 bridgehead atoms. The van der Waals surface area contributed by atoms with Crippen LogP contribution in [-0.2, 0) is 9.53 Å². The molecule has 2 saturated heterocycles. The molecule has 2 aliphatic rings. The lowest BCUT2D eigenvalue weighted by atomic mass is 9.96. The van der Waals surface area contributed by atoms with Gasteiger partial charge in [0.25, 0.3) is 0 Å². The van der Waals surface area contributed by atoms with Crippen LogP contribution in [0.2, 0.25) is 0 Å². The van der Waals surface area contributed by atoms with E-state index in [1.54, 1.807) is 0 Å². The van der Waals surface area contributed by atoms with Gasteiger partial charge in [-0.3, -0.25) is 4.79 Å². The number of hydrogen-bond acceptors (Lipinski definition) is 3. The van der Waals surface area contributed by atoms with Gasteiger partial charge in [-0.2, -0.15) is 13.2 Å². The monoisotopic (exact) mass is 280 g/mol. The highest BCUT2D eigenvalue weighted by molar-refractivity contribution is 5.79. The van der Waals surface area contributed by atoms with Gasteiger partial charge in [0.2, 0.25) is 5.91 Å². The summed E-state index contributed by atoms with van der Waals surface area (Å²) in [5.74, 6) is -0.0813. The molecule has 2 heterocycles. The molecule has 7 heteroatoms. The van der Waals surface area contributed by atoms with Gasteiger partial charge in [0.05, 0.1) is 12.6 Å². The summed E-state index contributed by atoms with van der Waals surface area (Å²) in [5, 5.41) is 5.97. The molecule has 2 aliphatic heterocycles. The lowest BCUT2D eigenvalue weighted by Gasteiger charge is -2.32. The lowest BCUT2D eigenvalue weighted by molar-refractivity contribution is -0.232. The Kier molecular flexibility index (Phi) is 4.67. The van der Waals surface area contributed by atoms with Crippen molar-refractivity contribution in [1.29, 1.82) is 0 Å². The lowest BCUT2D eigenvalue weighted by Crippen LogP contribution is -2.49. The van der Waals surface area contributed by atoms with E-state index in [2.05, 4.69) is 10.6 Å². The molecule has 2 rings (SSSR count). The molecule has 0 spiro atoms. The van der Waals surface area contributed by atoms with E-state index in [4.69, 9.17) is 4.74 Å². The average Bonchev–Trinajstić information content (AvgIpc) is 2.39. The first-order valence-electron chi connectivity index (χ1n) is 6.66. The minimum absolute atomic E-state index is 0.0263. The summed E-state index contributed by atoms with van der Waals surface area (Å²) in [6.45, 7) is 1.58. The summed E-state index contributed by atoms with van der Waals surface area (Å²) in [7, 11) is 0. The molecule has 0 radical (unpaired) electrons. The van der Waals surface area contributed by atoms with E-state index in [1.165, 1.54) is 0 Å². The topological polar surface area (TPSA) is 50.4 Å². The number of nitrogens with one attached hydrogen (secondary N) is 2. The quantitative estimate of drug-likeness (QED) is 0.799. The van der Waals surface area contributed by atoms with Gasteiger partial charge in [-0.1, -0.05) is 0 Å². The molecule has 0 saturated carbocycles. The number of hydrogen-bond donors (Lipinski definition) is 2. The van der Waals surface area contributed by atoms with Crippen molar-refractivity contribution in [3.63, 3.8) is 0 Å². The van der Waals surface area contributed by atoms with Crippen LogP contribution in [0.3, 0.4) is 0 Å². The number of piperidine rings is 1. The number of amides is 1. The molecular weight excluding hydrogens is 261 g/mol. The molecule has 0 aromatic heterocycles. The van der Waals surface area contributed by atoms with Crippen molar-refractivity contribution in [2.45, 2.75) is 44.0 Å². The van der Waals surface area contributed by atoms with Gasteiger partial charge in [0, 0.05) is 5.92 Å². The highest BCUT2D eigenvalue weighted by atomic mass is 19.4. The third-order valence-corrected chi connectivity index (χ3v) is 3.70. The van der Waals surface area contributed by atoms with Crippen LogP contribution in [0.4, 0.5) is 13.2 Å². The van der Waals surface area contributed by atoms with Gasteiger partial charge < -0.3 is 15.4 Å². The van der Waals surface area contributed by atoms with Crippen LogP contribution in [0.5, 0.6) is 0 Å². The average molecular weight is 280 g/mol. The van der Waals surface area contributed by atoms with Crippen molar-refractivity contribution >= 4 is 5.91 Å². The fraction of sp³-hybridized carbons (Fsp3) is 0.917. The van der Waals surface area contributed by atoms with Crippen molar-refractivity contribution in [2.75, 3.05) is 19.7 Å². The number of ether oxygens (including phenoxy) is 1. The van der Waals surface area contributed by atoms with Gasteiger partial charge in [0.15, 0.2) is 6.10 Å². The van der Waals surface area contributed by atoms with Crippen LogP contribution in [0.1, 0.15) is 25.7 Å². The number of rotatable bonds is 2. The van der Waals surface area contributed by atoms with Crippen LogP contribution in [-0.4, -0.2) is 43.9 Å². The van der Waals surface area contributed by atoms with E-state index >= 15 is 0 Å². The maximum Gasteiger partial charge on any atom is 0.414 e. The molecular formula is C12H19F3N2O2. The Morgan fingerprint density at radius 1 is 1.16 bits per heavy atom. The van der Waals surface area contributed by atoms with Crippen LogP contribution in [0, 0.1) is 5.92 Å². The normalized spacial score (nSPS) is 30.1. The number of halogens is 3. The minimum atomic E-state index is -4.30. The molecule has 1 amide bonds. The fourth-order valence-electron chi connectivity index (χ4n) is 2.53. The highest BCUT2D eigenvalue weighted by Gasteiger charge is 2.43. The first-order valence-corrected chi connectivity index (χ1v) is 6.66. The van der Waals surface area contributed by atoms with Crippen molar-refractivity contribution in [3.05, 3.63) is 0 Å². The molecule has 0 aromatic carbocycles. The zero-order valence-corrected chi connectivity index (χ0v) is 10.6. The van der Waals surface area contributed by atoms with Gasteiger partial charge in [-0.05, 0) is 38.8 Å². The maximum absolute atomic E-state index is 12.4. The van der Waals surface area contributed by atoms with Crippen LogP contribution < -0.4 is 10.6 Å². The molecule has 4 nitrogen and oxygen atoms in total. The van der Waals surface area contributed by atoms with Gasteiger partial charge in [0.1, 0.15) is 0 Å². The standard InChI is InChI=1S/C12H19F3N2O2/c13-12(14,15)10-2-1-9(7-19-10)17-11(18)8-3-5-16-6-4-8/h8-10,16H,1-7H2,(H,17,18)/t9-,10+/m1/s1. The van der Waals surface area contributed by atoms with E-state index < -0.39 is 12.3 Å². The minimum Gasteiger partial charge on any atom is -0.367 e. The van der Waals surface area contributed by atoms with E-state index in [-0.39, 0.29) is 30.9 Å². The van der Waals surface area contributed by atoms with Crippen molar-refractivity contribution in [3.8, 4) is 0 Å². The fourth-order valence-corrected chi connectivity index (χ4v) is 2.53. The van der Waals surface area contributed by atoms with E-state index in [9.17, 15) is 18.0 Å². The zero-order valence-electron chi connectivity index (χ0n) is 10.6. The van der Waals surface area contributed by atoms with E-state index in [1.807, 2.05) is 0 Å². The molecule has 0 aromatic rings. The molecule has 2 fully saturated rings. The second kappa shape index (κ2) is 6.09. The second-order valence-electron chi connectivity index (χ2n) is 5.17. The first kappa shape index (κ1) is 14.6. The predicted molar refractivity (Wildman–Crippen MR) is 62.6 cm³/mol. The Morgan fingerprint density at radius 2 is 1.84 bits per heavy atom. The van der Waals surface area contributed by atoms with Crippen molar-refractivity contribution < 1.29 is 22.7 Å². The predicted octanol–water partition coefficient (Wildman–Crippen LogP) is 1.21. The largest absolute Gasteiger partial charge is 0.414 e. The molecule has 110 valence electrons. The molecule has 0 aliphatic carbocycles. The second-order valence-corrected chi connectivity index (χ2v) is 5.17. The van der Waals surface area contributed by atoms with E-state index in [0.717, 1.165) is 25.9 Å². The Hall–Kier alpha value is -0.820. The summed E-state index contributed by atoms with van der Waals surface area (Å²) < 4.78 is 42.0. The van der Waals surface area contributed by atoms with Crippen molar-refractivity contribution in [1.82, 2.24) is 10.6 Å². The summed E-state index contributed by atoms with van der Waals surface area (Å²) in [6, 6.07) is -0.291. The number of alkyl halides is 3. The smallest absolute Gasteiger partial charge is 0.367 e. The number of carbonyl (C=O) groups is 1. The van der Waals surface area contributed by atoms with Gasteiger partial charge in [-0.15, -0.1) is 0 Å². The Balaban J connectivity index is 1.74. The Morgan fingerprint density at radius 3 is 2.37 bits per heavy atom. The first-order chi connectivity index (χ1) is 8.97. The maximum atomic E-state index is 12.4. The third kappa shape index (κ3) is 4.07. The molecule has 2 N–H and O–H groups in total. The van der Waals surface area contributed by atoms with E-state index in [0.29, 0.717) is 6.42 Å². The Bertz CT molecular complexity index is 309. The van der Waals surface area contributed by atoms with Crippen LogP contribution >= 0.6 is 0 Å². The summed E-state index contributed by atoms with van der Waals surface area (Å²) in [4.78, 5) is 11.9. The molecule has 2 atom stereocenters. The molecule has 19 heavy (non-hydrogen) atoms. The van der Waals surface area contributed by atoms with Crippen molar-refractivity contribution in [2.24, 2.45) is 5.92 Å². The zero-order chi connectivity index (χ0) is 13.9. The van der Waals surface area contributed by atoms with Crippen LogP contribution in [0.25, 0.3) is 0 Å². The Labute approximate surface area is 110 Å². The summed E-state index contributed by atoms with van der Waals surface area (Å²) in [6.07, 6.45) is -4.18. The van der Waals surface area contributed by atoms with Crippen LogP contribution in [0.15, 0.2) is 0 Å². The van der Waals surface area contributed by atoms with Gasteiger partial charge >= 0.3 is 6.18 Å².